The van der Waals surface area contributed by atoms with Crippen molar-refractivity contribution in [1.82, 2.24) is 4.98 Å². The Bertz CT molecular complexity index is 2610. The quantitative estimate of drug-likeness (QED) is 0.189. The Hall–Kier alpha value is -6.99. The molecule has 0 atom stereocenters. The van der Waals surface area contributed by atoms with Crippen molar-refractivity contribution in [2.45, 2.75) is 0 Å². The molecule has 0 spiro atoms. The minimum atomic E-state index is 0.504. The van der Waals surface area contributed by atoms with E-state index in [9.17, 15) is 0 Å². The summed E-state index contributed by atoms with van der Waals surface area (Å²) in [4.78, 5) is 9.51. The molecule has 7 nitrogen and oxygen atoms in total. The molecular formula is C43H25N3O4. The first-order valence-corrected chi connectivity index (χ1v) is 16.4. The molecule has 0 saturated heterocycles. The molecule has 50 heavy (non-hydrogen) atoms. The number of benzene rings is 7. The zero-order valence-corrected chi connectivity index (χ0v) is 26.4. The molecule has 0 radical (unpaired) electrons. The van der Waals surface area contributed by atoms with Crippen LogP contribution < -0.4 is 19.3 Å². The third-order valence-electron chi connectivity index (χ3n) is 9.42. The Balaban J connectivity index is 1.17. The van der Waals surface area contributed by atoms with E-state index in [1.807, 2.05) is 103 Å². The van der Waals surface area contributed by atoms with Crippen LogP contribution in [0.25, 0.3) is 44.5 Å². The van der Waals surface area contributed by atoms with Crippen molar-refractivity contribution in [2.24, 2.45) is 0 Å². The van der Waals surface area contributed by atoms with Crippen LogP contribution in [0.1, 0.15) is 0 Å². The van der Waals surface area contributed by atoms with Crippen molar-refractivity contribution in [3.8, 4) is 34.5 Å². The van der Waals surface area contributed by atoms with Gasteiger partial charge >= 0.3 is 0 Å². The van der Waals surface area contributed by atoms with E-state index in [2.05, 4.69) is 58.3 Å². The van der Waals surface area contributed by atoms with Gasteiger partial charge < -0.3 is 28.1 Å². The average Bonchev–Trinajstić information content (AvgIpc) is 3.75. The molecule has 0 fully saturated rings. The number of ether oxygens (including phenoxy) is 2. The lowest BCUT2D eigenvalue weighted by atomic mass is 10.1. The van der Waals surface area contributed by atoms with Crippen LogP contribution >= 0.6 is 0 Å². The largest absolute Gasteiger partial charge is 0.456 e. The van der Waals surface area contributed by atoms with Crippen molar-refractivity contribution in [2.75, 3.05) is 9.80 Å². The predicted molar refractivity (Wildman–Crippen MR) is 196 cm³/mol. The molecule has 0 N–H and O–H groups in total. The van der Waals surface area contributed by atoms with Crippen LogP contribution in [0.3, 0.4) is 0 Å². The number of oxazole rings is 1. The summed E-state index contributed by atoms with van der Waals surface area (Å²) in [5.41, 5.74) is 9.41. The molecule has 0 unspecified atom stereocenters. The number of nitrogens with zero attached hydrogens (tertiary/aromatic N) is 3. The third kappa shape index (κ3) is 4.01. The van der Waals surface area contributed by atoms with Crippen LogP contribution in [0.4, 0.5) is 34.1 Å². The number of aromatic nitrogens is 1. The molecule has 0 amide bonds. The van der Waals surface area contributed by atoms with Gasteiger partial charge in [0, 0.05) is 33.8 Å². The zero-order chi connectivity index (χ0) is 32.8. The third-order valence-corrected chi connectivity index (χ3v) is 9.42. The van der Waals surface area contributed by atoms with E-state index < -0.39 is 0 Å². The fourth-order valence-electron chi connectivity index (χ4n) is 7.21. The zero-order valence-electron chi connectivity index (χ0n) is 26.4. The number of furan rings is 1. The van der Waals surface area contributed by atoms with Gasteiger partial charge in [0.05, 0.1) is 22.7 Å². The molecule has 9 aromatic rings. The summed E-state index contributed by atoms with van der Waals surface area (Å²) < 4.78 is 25.5. The smallest absolute Gasteiger partial charge is 0.227 e. The maximum absolute atomic E-state index is 6.60. The van der Waals surface area contributed by atoms with Crippen molar-refractivity contribution >= 4 is 67.2 Å². The van der Waals surface area contributed by atoms with Gasteiger partial charge in [-0.05, 0) is 78.9 Å². The Morgan fingerprint density at radius 2 is 0.900 bits per heavy atom. The van der Waals surface area contributed by atoms with Crippen LogP contribution in [0.5, 0.6) is 23.0 Å². The number of hydrogen-bond donors (Lipinski definition) is 0. The lowest BCUT2D eigenvalue weighted by Gasteiger charge is -2.35. The molecule has 11 rings (SSSR count). The van der Waals surface area contributed by atoms with Crippen LogP contribution in [0, 0.1) is 0 Å². The van der Waals surface area contributed by atoms with Crippen molar-refractivity contribution < 1.29 is 18.3 Å². The molecule has 0 saturated carbocycles. The number of para-hydroxylation sites is 9. The summed E-state index contributed by atoms with van der Waals surface area (Å²) in [5.74, 6) is 3.60. The van der Waals surface area contributed by atoms with E-state index in [0.29, 0.717) is 11.5 Å². The minimum Gasteiger partial charge on any atom is -0.456 e. The Morgan fingerprint density at radius 1 is 0.400 bits per heavy atom. The molecule has 4 heterocycles. The highest BCUT2D eigenvalue weighted by Crippen LogP contribution is 2.54. The molecule has 2 aliphatic rings. The summed E-state index contributed by atoms with van der Waals surface area (Å²) in [7, 11) is 0. The summed E-state index contributed by atoms with van der Waals surface area (Å²) in [6.07, 6.45) is 0. The molecule has 0 bridgehead atoms. The highest BCUT2D eigenvalue weighted by molar-refractivity contribution is 6.09. The maximum Gasteiger partial charge on any atom is 0.227 e. The Kier molecular flexibility index (Phi) is 5.54. The van der Waals surface area contributed by atoms with Gasteiger partial charge in [-0.25, -0.2) is 4.98 Å². The van der Waals surface area contributed by atoms with E-state index >= 15 is 0 Å². The monoisotopic (exact) mass is 647 g/mol. The minimum absolute atomic E-state index is 0.504. The first kappa shape index (κ1) is 27.0. The Labute approximate surface area is 285 Å². The fourth-order valence-corrected chi connectivity index (χ4v) is 7.21. The summed E-state index contributed by atoms with van der Waals surface area (Å²) in [6.45, 7) is 0. The van der Waals surface area contributed by atoms with Gasteiger partial charge in [-0.3, -0.25) is 0 Å². The van der Waals surface area contributed by atoms with E-state index in [1.165, 1.54) is 0 Å². The lowest BCUT2D eigenvalue weighted by Crippen LogP contribution is -2.18. The van der Waals surface area contributed by atoms with Gasteiger partial charge in [-0.1, -0.05) is 66.7 Å². The second-order valence-electron chi connectivity index (χ2n) is 12.4. The first-order chi connectivity index (χ1) is 24.7. The highest BCUT2D eigenvalue weighted by Gasteiger charge is 2.30. The predicted octanol–water partition coefficient (Wildman–Crippen LogP) is 12.5. The average molecular weight is 648 g/mol. The van der Waals surface area contributed by atoms with E-state index in [-0.39, 0.29) is 0 Å². The fraction of sp³-hybridized carbons (Fsp3) is 0. The number of rotatable bonds is 3. The molecule has 0 aliphatic carbocycles. The van der Waals surface area contributed by atoms with Crippen molar-refractivity contribution in [1.29, 1.82) is 0 Å². The van der Waals surface area contributed by atoms with Crippen molar-refractivity contribution in [3.05, 3.63) is 152 Å². The first-order valence-electron chi connectivity index (χ1n) is 16.4. The van der Waals surface area contributed by atoms with Crippen LogP contribution in [-0.2, 0) is 0 Å². The van der Waals surface area contributed by atoms with Gasteiger partial charge in [-0.15, -0.1) is 0 Å². The molecule has 2 aliphatic heterocycles. The lowest BCUT2D eigenvalue weighted by molar-refractivity contribution is 0.477. The van der Waals surface area contributed by atoms with Gasteiger partial charge in [0.15, 0.2) is 28.6 Å². The summed E-state index contributed by atoms with van der Waals surface area (Å²) in [5, 5.41) is 2.04. The standard InChI is InChI=1S/C43H25N3O4/c1-6-16-36-29(11-1)30-24-42-31(25-41(30)47-36)44-43(50-42)26-21-27(45-32-12-2-7-17-37(32)48-38-18-8-3-13-33(38)45)23-28(22-26)46-34-14-4-9-19-39(34)49-40-20-10-5-15-35(40)46/h1-25H. The Morgan fingerprint density at radius 3 is 1.46 bits per heavy atom. The van der Waals surface area contributed by atoms with Crippen LogP contribution in [0.15, 0.2) is 160 Å². The highest BCUT2D eigenvalue weighted by atomic mass is 16.5. The normalized spacial score (nSPS) is 13.0. The van der Waals surface area contributed by atoms with Gasteiger partial charge in [-0.2, -0.15) is 0 Å². The molecule has 236 valence electrons. The molecule has 2 aromatic heterocycles. The number of fused-ring (bicyclic) bond motifs is 8. The van der Waals surface area contributed by atoms with E-state index in [1.54, 1.807) is 0 Å². The second-order valence-corrected chi connectivity index (χ2v) is 12.4. The number of hydrogen-bond acceptors (Lipinski definition) is 7. The summed E-state index contributed by atoms with van der Waals surface area (Å²) >= 11 is 0. The van der Waals surface area contributed by atoms with E-state index in [4.69, 9.17) is 23.3 Å². The van der Waals surface area contributed by atoms with Crippen LogP contribution in [0.2, 0.25) is 0 Å². The van der Waals surface area contributed by atoms with Crippen LogP contribution in [-0.4, -0.2) is 4.98 Å². The topological polar surface area (TPSA) is 64.1 Å². The SMILES string of the molecule is c1ccc2c(c1)Oc1ccccc1N2c1cc(-c2nc3cc4oc5ccccc5c4cc3o2)cc(N2c3ccccc3Oc3ccccc32)c1. The second kappa shape index (κ2) is 10.3. The van der Waals surface area contributed by atoms with Crippen molar-refractivity contribution in [3.63, 3.8) is 0 Å². The van der Waals surface area contributed by atoms with Gasteiger partial charge in [0.1, 0.15) is 16.7 Å². The molecule has 7 aromatic carbocycles. The maximum atomic E-state index is 6.60. The molecular weight excluding hydrogens is 622 g/mol. The number of anilines is 6. The van der Waals surface area contributed by atoms with E-state index in [0.717, 1.165) is 90.1 Å². The van der Waals surface area contributed by atoms with Gasteiger partial charge in [0.25, 0.3) is 0 Å². The van der Waals surface area contributed by atoms with Gasteiger partial charge in [0.2, 0.25) is 5.89 Å². The molecule has 7 heteroatoms. The summed E-state index contributed by atoms with van der Waals surface area (Å²) in [6, 6.07) is 50.9.